The summed E-state index contributed by atoms with van der Waals surface area (Å²) in [5.41, 5.74) is -0.296. The molecule has 0 aromatic heterocycles. The predicted octanol–water partition coefficient (Wildman–Crippen LogP) is 1.42. The van der Waals surface area contributed by atoms with Gasteiger partial charge in [0, 0.05) is 5.02 Å². The molecule has 0 fully saturated rings. The van der Waals surface area contributed by atoms with Crippen molar-refractivity contribution in [3.8, 4) is 0 Å². The van der Waals surface area contributed by atoms with Crippen LogP contribution in [0, 0.1) is 5.82 Å². The van der Waals surface area contributed by atoms with E-state index in [0.29, 0.717) is 4.31 Å². The number of sulfonamides is 1. The van der Waals surface area contributed by atoms with E-state index in [4.69, 9.17) is 11.6 Å². The molecule has 0 aliphatic rings. The number of carbonyl (C=O) groups is 1. The first-order valence-corrected chi connectivity index (χ1v) is 6.98. The number of esters is 1. The van der Waals surface area contributed by atoms with E-state index < -0.39 is 28.4 Å². The van der Waals surface area contributed by atoms with Gasteiger partial charge in [-0.05, 0) is 18.2 Å². The molecule has 0 saturated carbocycles. The molecule has 100 valence electrons. The molecular weight excluding hydrogens is 285 g/mol. The normalized spacial score (nSPS) is 11.1. The van der Waals surface area contributed by atoms with Crippen LogP contribution < -0.4 is 4.31 Å². The number of anilines is 1. The average molecular weight is 296 g/mol. The summed E-state index contributed by atoms with van der Waals surface area (Å²) in [5.74, 6) is -1.60. The van der Waals surface area contributed by atoms with E-state index >= 15 is 0 Å². The van der Waals surface area contributed by atoms with Gasteiger partial charge >= 0.3 is 5.97 Å². The van der Waals surface area contributed by atoms with E-state index in [2.05, 4.69) is 4.74 Å². The van der Waals surface area contributed by atoms with Crippen LogP contribution in [0.2, 0.25) is 5.02 Å². The number of benzene rings is 1. The molecule has 0 atom stereocenters. The van der Waals surface area contributed by atoms with Crippen molar-refractivity contribution in [1.82, 2.24) is 0 Å². The molecule has 0 heterocycles. The van der Waals surface area contributed by atoms with Crippen LogP contribution in [-0.4, -0.2) is 34.3 Å². The minimum Gasteiger partial charge on any atom is -0.468 e. The second kappa shape index (κ2) is 5.53. The Hall–Kier alpha value is -1.34. The van der Waals surface area contributed by atoms with Gasteiger partial charge < -0.3 is 4.74 Å². The molecule has 0 radical (unpaired) electrons. The summed E-state index contributed by atoms with van der Waals surface area (Å²) in [6.45, 7) is -0.618. The number of ether oxygens (including phenoxy) is 1. The summed E-state index contributed by atoms with van der Waals surface area (Å²) in [6.07, 6.45) is 0.857. The smallest absolute Gasteiger partial charge is 0.326 e. The SMILES string of the molecule is COC(=O)CN(c1cc(Cl)ccc1F)S(C)(=O)=O. The van der Waals surface area contributed by atoms with Crippen LogP contribution in [0.4, 0.5) is 10.1 Å². The highest BCUT2D eigenvalue weighted by atomic mass is 35.5. The van der Waals surface area contributed by atoms with E-state index in [1.54, 1.807) is 0 Å². The molecule has 5 nitrogen and oxygen atoms in total. The van der Waals surface area contributed by atoms with Crippen molar-refractivity contribution >= 4 is 33.3 Å². The summed E-state index contributed by atoms with van der Waals surface area (Å²) in [5, 5.41) is 0.157. The molecule has 18 heavy (non-hydrogen) atoms. The molecule has 1 aromatic rings. The lowest BCUT2D eigenvalue weighted by Crippen LogP contribution is -2.36. The van der Waals surface area contributed by atoms with E-state index in [0.717, 1.165) is 25.5 Å². The molecule has 8 heteroatoms. The second-order valence-electron chi connectivity index (χ2n) is 3.44. The molecule has 0 aliphatic heterocycles. The Morgan fingerprint density at radius 1 is 1.50 bits per heavy atom. The van der Waals surface area contributed by atoms with Gasteiger partial charge in [0.1, 0.15) is 12.4 Å². The largest absolute Gasteiger partial charge is 0.468 e. The fourth-order valence-corrected chi connectivity index (χ4v) is 2.24. The van der Waals surface area contributed by atoms with E-state index in [1.807, 2.05) is 0 Å². The standard InChI is InChI=1S/C10H11ClFNO4S/c1-17-10(14)6-13(18(2,15)16)9-5-7(11)3-4-8(9)12/h3-5H,6H2,1-2H3. The van der Waals surface area contributed by atoms with Crippen molar-refractivity contribution in [1.29, 1.82) is 0 Å². The minimum absolute atomic E-state index is 0.157. The van der Waals surface area contributed by atoms with Crippen molar-refractivity contribution in [2.45, 2.75) is 0 Å². The molecule has 1 aromatic carbocycles. The molecule has 0 bridgehead atoms. The Balaban J connectivity index is 3.26. The van der Waals surface area contributed by atoms with Crippen molar-refractivity contribution in [3.05, 3.63) is 29.0 Å². The third kappa shape index (κ3) is 3.58. The van der Waals surface area contributed by atoms with Crippen molar-refractivity contribution in [2.75, 3.05) is 24.2 Å². The van der Waals surface area contributed by atoms with Crippen LogP contribution in [0.25, 0.3) is 0 Å². The number of carbonyl (C=O) groups excluding carboxylic acids is 1. The van der Waals surface area contributed by atoms with Gasteiger partial charge in [-0.25, -0.2) is 12.8 Å². The number of hydrogen-bond donors (Lipinski definition) is 0. The quantitative estimate of drug-likeness (QED) is 0.788. The Morgan fingerprint density at radius 2 is 2.11 bits per heavy atom. The molecule has 0 unspecified atom stereocenters. The van der Waals surface area contributed by atoms with Crippen molar-refractivity contribution in [2.24, 2.45) is 0 Å². The van der Waals surface area contributed by atoms with Gasteiger partial charge in [-0.1, -0.05) is 11.6 Å². The maximum atomic E-state index is 13.6. The number of rotatable bonds is 4. The second-order valence-corrected chi connectivity index (χ2v) is 5.78. The van der Waals surface area contributed by atoms with Crippen LogP contribution >= 0.6 is 11.6 Å². The molecule has 0 amide bonds. The average Bonchev–Trinajstić information content (AvgIpc) is 2.27. The molecule has 0 aliphatic carbocycles. The highest BCUT2D eigenvalue weighted by Gasteiger charge is 2.24. The predicted molar refractivity (Wildman–Crippen MR) is 65.6 cm³/mol. The molecular formula is C10H11ClFNO4S. The first-order valence-electron chi connectivity index (χ1n) is 4.75. The van der Waals surface area contributed by atoms with Crippen LogP contribution in [-0.2, 0) is 19.6 Å². The van der Waals surface area contributed by atoms with Gasteiger partial charge in [0.25, 0.3) is 0 Å². The minimum atomic E-state index is -3.83. The Kier molecular flexibility index (Phi) is 4.53. The fraction of sp³-hybridized carbons (Fsp3) is 0.300. The first kappa shape index (κ1) is 14.7. The lowest BCUT2D eigenvalue weighted by atomic mass is 10.3. The topological polar surface area (TPSA) is 63.7 Å². The van der Waals surface area contributed by atoms with E-state index in [1.165, 1.54) is 6.07 Å². The van der Waals surface area contributed by atoms with E-state index in [-0.39, 0.29) is 10.7 Å². The number of halogens is 2. The third-order valence-electron chi connectivity index (χ3n) is 2.08. The molecule has 0 N–H and O–H groups in total. The van der Waals surface area contributed by atoms with Crippen LogP contribution in [0.3, 0.4) is 0 Å². The van der Waals surface area contributed by atoms with E-state index in [9.17, 15) is 17.6 Å². The highest BCUT2D eigenvalue weighted by molar-refractivity contribution is 7.92. The summed E-state index contributed by atoms with van der Waals surface area (Å²) in [4.78, 5) is 11.2. The maximum Gasteiger partial charge on any atom is 0.326 e. The van der Waals surface area contributed by atoms with Gasteiger partial charge in [0.2, 0.25) is 10.0 Å². The Morgan fingerprint density at radius 3 is 2.61 bits per heavy atom. The van der Waals surface area contributed by atoms with Gasteiger partial charge in [0.15, 0.2) is 0 Å². The zero-order valence-corrected chi connectivity index (χ0v) is 11.3. The summed E-state index contributed by atoms with van der Waals surface area (Å²) in [6, 6.07) is 3.42. The van der Waals surface area contributed by atoms with Crippen LogP contribution in [0.1, 0.15) is 0 Å². The molecule has 1 rings (SSSR count). The zero-order chi connectivity index (χ0) is 13.9. The monoisotopic (exact) mass is 295 g/mol. The number of nitrogens with zero attached hydrogens (tertiary/aromatic N) is 1. The summed E-state index contributed by atoms with van der Waals surface area (Å²) < 4.78 is 41.7. The van der Waals surface area contributed by atoms with Gasteiger partial charge in [0.05, 0.1) is 19.1 Å². The molecule has 0 spiro atoms. The van der Waals surface area contributed by atoms with Gasteiger partial charge in [-0.15, -0.1) is 0 Å². The summed E-state index contributed by atoms with van der Waals surface area (Å²) in [7, 11) is -2.72. The number of methoxy groups -OCH3 is 1. The van der Waals surface area contributed by atoms with Crippen LogP contribution in [0.15, 0.2) is 18.2 Å². The summed E-state index contributed by atoms with van der Waals surface area (Å²) >= 11 is 5.68. The van der Waals surface area contributed by atoms with Crippen molar-refractivity contribution < 1.29 is 22.3 Å². The zero-order valence-electron chi connectivity index (χ0n) is 9.68. The maximum absolute atomic E-state index is 13.6. The number of hydrogen-bond acceptors (Lipinski definition) is 4. The fourth-order valence-electron chi connectivity index (χ4n) is 1.24. The highest BCUT2D eigenvalue weighted by Crippen LogP contribution is 2.25. The first-order chi connectivity index (χ1) is 8.25. The molecule has 0 saturated heterocycles. The Bertz CT molecular complexity index is 561. The van der Waals surface area contributed by atoms with Crippen molar-refractivity contribution in [3.63, 3.8) is 0 Å². The lowest BCUT2D eigenvalue weighted by Gasteiger charge is -2.21. The van der Waals surface area contributed by atoms with Gasteiger partial charge in [-0.2, -0.15) is 0 Å². The van der Waals surface area contributed by atoms with Gasteiger partial charge in [-0.3, -0.25) is 9.10 Å². The third-order valence-corrected chi connectivity index (χ3v) is 3.44. The Labute approximate surface area is 109 Å². The lowest BCUT2D eigenvalue weighted by molar-refractivity contribution is -0.138. The van der Waals surface area contributed by atoms with Crippen LogP contribution in [0.5, 0.6) is 0 Å².